The van der Waals surface area contributed by atoms with E-state index in [9.17, 15) is 0 Å². The number of hydrogen-bond donors (Lipinski definition) is 0. The van der Waals surface area contributed by atoms with Crippen LogP contribution in [0.2, 0.25) is 0 Å². The first-order valence-corrected chi connectivity index (χ1v) is 12.0. The first-order chi connectivity index (χ1) is 15.7. The zero-order valence-corrected chi connectivity index (χ0v) is 19.7. The fourth-order valence-electron chi connectivity index (χ4n) is 3.01. The Labute approximate surface area is 196 Å². The molecule has 0 amide bonds. The maximum absolute atomic E-state index is 5.88. The van der Waals surface area contributed by atoms with Crippen molar-refractivity contribution in [3.05, 3.63) is 83.6 Å². The second-order valence-corrected chi connectivity index (χ2v) is 8.86. The molecule has 0 radical (unpaired) electrons. The van der Waals surface area contributed by atoms with Gasteiger partial charge in [-0.05, 0) is 31.2 Å². The summed E-state index contributed by atoms with van der Waals surface area (Å²) in [6.45, 7) is 6.89. The first kappa shape index (κ1) is 22.1. The third-order valence-corrected chi connectivity index (χ3v) is 6.67. The summed E-state index contributed by atoms with van der Waals surface area (Å²) in [6, 6.07) is 15.9. The largest absolute Gasteiger partial charge is 0.497 e. The monoisotopic (exact) mass is 464 g/mol. The van der Waals surface area contributed by atoms with Crippen molar-refractivity contribution >= 4 is 23.1 Å². The average Bonchev–Trinajstić information content (AvgIpc) is 3.44. The van der Waals surface area contributed by atoms with Gasteiger partial charge in [0.15, 0.2) is 11.0 Å². The number of thiazole rings is 1. The lowest BCUT2D eigenvalue weighted by atomic mass is 10.2. The molecule has 2 heterocycles. The first-order valence-electron chi connectivity index (χ1n) is 10.1. The number of hydrogen-bond acceptors (Lipinski definition) is 7. The third kappa shape index (κ3) is 5.38. The van der Waals surface area contributed by atoms with Crippen LogP contribution < -0.4 is 9.47 Å². The van der Waals surface area contributed by atoms with Crippen LogP contribution in [0, 0.1) is 6.92 Å². The van der Waals surface area contributed by atoms with E-state index in [1.807, 2.05) is 34.9 Å². The second kappa shape index (κ2) is 10.5. The summed E-state index contributed by atoms with van der Waals surface area (Å²) in [5.74, 6) is 3.01. The summed E-state index contributed by atoms with van der Waals surface area (Å²) >= 11 is 3.27. The third-order valence-electron chi connectivity index (χ3n) is 4.73. The zero-order valence-electron chi connectivity index (χ0n) is 18.0. The van der Waals surface area contributed by atoms with E-state index < -0.39 is 0 Å². The predicted octanol–water partition coefficient (Wildman–Crippen LogP) is 5.78. The van der Waals surface area contributed by atoms with Gasteiger partial charge in [-0.2, -0.15) is 0 Å². The van der Waals surface area contributed by atoms with E-state index in [0.29, 0.717) is 13.2 Å². The lowest BCUT2D eigenvalue weighted by molar-refractivity contribution is 0.288. The van der Waals surface area contributed by atoms with Crippen LogP contribution in [0.4, 0.5) is 0 Å². The SMILES string of the molecule is C=CCn1c(COc2ccc(OC)cc2)nnc1SCc1csc(-c2ccc(C)cc2)n1. The Balaban J connectivity index is 1.40. The summed E-state index contributed by atoms with van der Waals surface area (Å²) in [7, 11) is 1.64. The zero-order chi connectivity index (χ0) is 22.3. The summed E-state index contributed by atoms with van der Waals surface area (Å²) in [5.41, 5.74) is 3.42. The Kier molecular flexibility index (Phi) is 7.24. The Morgan fingerprint density at radius 3 is 2.53 bits per heavy atom. The molecule has 0 aliphatic carbocycles. The minimum absolute atomic E-state index is 0.321. The normalized spacial score (nSPS) is 10.8. The topological polar surface area (TPSA) is 62.1 Å². The molecule has 0 fully saturated rings. The summed E-state index contributed by atoms with van der Waals surface area (Å²) in [6.07, 6.45) is 1.84. The highest BCUT2D eigenvalue weighted by molar-refractivity contribution is 7.98. The number of ether oxygens (including phenoxy) is 2. The number of nitrogens with zero attached hydrogens (tertiary/aromatic N) is 4. The molecular formula is C24H24N4O2S2. The molecule has 6 nitrogen and oxygen atoms in total. The maximum Gasteiger partial charge on any atom is 0.191 e. The van der Waals surface area contributed by atoms with Crippen LogP contribution in [0.3, 0.4) is 0 Å². The molecule has 0 saturated carbocycles. The number of allylic oxidation sites excluding steroid dienone is 1. The Hall–Kier alpha value is -3.10. The lowest BCUT2D eigenvalue weighted by Gasteiger charge is -2.09. The molecule has 0 spiro atoms. The summed E-state index contributed by atoms with van der Waals surface area (Å²) in [5, 5.41) is 12.7. The fourth-order valence-corrected chi connectivity index (χ4v) is 4.80. The summed E-state index contributed by atoms with van der Waals surface area (Å²) in [4.78, 5) is 4.78. The molecule has 0 atom stereocenters. The van der Waals surface area contributed by atoms with E-state index >= 15 is 0 Å². The van der Waals surface area contributed by atoms with Crippen molar-refractivity contribution in [1.29, 1.82) is 0 Å². The van der Waals surface area contributed by atoms with Gasteiger partial charge in [0.1, 0.15) is 23.1 Å². The molecule has 0 N–H and O–H groups in total. The van der Waals surface area contributed by atoms with Gasteiger partial charge in [-0.25, -0.2) is 4.98 Å². The second-order valence-electron chi connectivity index (χ2n) is 7.06. The molecule has 0 bridgehead atoms. The highest BCUT2D eigenvalue weighted by Gasteiger charge is 2.14. The van der Waals surface area contributed by atoms with Crippen LogP contribution in [-0.4, -0.2) is 26.9 Å². The van der Waals surface area contributed by atoms with E-state index in [1.54, 1.807) is 30.2 Å². The highest BCUT2D eigenvalue weighted by atomic mass is 32.2. The molecule has 4 aromatic rings. The molecule has 4 rings (SSSR count). The molecule has 32 heavy (non-hydrogen) atoms. The number of rotatable bonds is 10. The van der Waals surface area contributed by atoms with E-state index in [4.69, 9.17) is 14.5 Å². The van der Waals surface area contributed by atoms with Crippen LogP contribution in [0.5, 0.6) is 11.5 Å². The van der Waals surface area contributed by atoms with Crippen molar-refractivity contribution in [3.63, 3.8) is 0 Å². The van der Waals surface area contributed by atoms with E-state index in [1.165, 1.54) is 5.56 Å². The van der Waals surface area contributed by atoms with Crippen molar-refractivity contribution in [2.24, 2.45) is 0 Å². The number of aromatic nitrogens is 4. The predicted molar refractivity (Wildman–Crippen MR) is 129 cm³/mol. The fraction of sp³-hybridized carbons (Fsp3) is 0.208. The van der Waals surface area contributed by atoms with Crippen molar-refractivity contribution in [3.8, 4) is 22.1 Å². The molecule has 164 valence electrons. The van der Waals surface area contributed by atoms with E-state index in [0.717, 1.165) is 44.5 Å². The van der Waals surface area contributed by atoms with Gasteiger partial charge in [-0.1, -0.05) is 47.7 Å². The molecule has 0 aliphatic heterocycles. The van der Waals surface area contributed by atoms with Gasteiger partial charge in [0, 0.05) is 23.2 Å². The standard InChI is InChI=1S/C24H24N4O2S2/c1-4-13-28-22(14-30-21-11-9-20(29-3)10-12-21)26-27-24(28)32-16-19-15-31-23(25-19)18-7-5-17(2)6-8-18/h4-12,15H,1,13-14,16H2,2-3H3. The van der Waals surface area contributed by atoms with Crippen molar-refractivity contribution in [2.45, 2.75) is 31.0 Å². The smallest absolute Gasteiger partial charge is 0.191 e. The van der Waals surface area contributed by atoms with Crippen molar-refractivity contribution in [1.82, 2.24) is 19.7 Å². The van der Waals surface area contributed by atoms with Crippen LogP contribution in [0.25, 0.3) is 10.6 Å². The van der Waals surface area contributed by atoms with Crippen molar-refractivity contribution in [2.75, 3.05) is 7.11 Å². The van der Waals surface area contributed by atoms with Gasteiger partial charge in [0.05, 0.1) is 12.8 Å². The molecular weight excluding hydrogens is 440 g/mol. The number of aryl methyl sites for hydroxylation is 1. The van der Waals surface area contributed by atoms with Gasteiger partial charge in [-0.15, -0.1) is 28.1 Å². The van der Waals surface area contributed by atoms with Gasteiger partial charge in [-0.3, -0.25) is 4.57 Å². The Morgan fingerprint density at radius 1 is 1.06 bits per heavy atom. The van der Waals surface area contributed by atoms with Crippen molar-refractivity contribution < 1.29 is 9.47 Å². The van der Waals surface area contributed by atoms with Crippen LogP contribution >= 0.6 is 23.1 Å². The molecule has 8 heteroatoms. The maximum atomic E-state index is 5.88. The molecule has 0 saturated heterocycles. The van der Waals surface area contributed by atoms with E-state index in [2.05, 4.69) is 53.3 Å². The highest BCUT2D eigenvalue weighted by Crippen LogP contribution is 2.28. The Bertz CT molecular complexity index is 1170. The van der Waals surface area contributed by atoms with Gasteiger partial charge >= 0.3 is 0 Å². The van der Waals surface area contributed by atoms with E-state index in [-0.39, 0.29) is 0 Å². The minimum Gasteiger partial charge on any atom is -0.497 e. The van der Waals surface area contributed by atoms with Crippen LogP contribution in [-0.2, 0) is 18.9 Å². The van der Waals surface area contributed by atoms with Crippen LogP contribution in [0.15, 0.2) is 71.7 Å². The minimum atomic E-state index is 0.321. The quantitative estimate of drug-likeness (QED) is 0.219. The molecule has 2 aromatic carbocycles. The average molecular weight is 465 g/mol. The molecule has 0 aliphatic rings. The Morgan fingerprint density at radius 2 is 1.81 bits per heavy atom. The lowest BCUT2D eigenvalue weighted by Crippen LogP contribution is -2.07. The molecule has 0 unspecified atom stereocenters. The van der Waals surface area contributed by atoms with Gasteiger partial charge in [0.25, 0.3) is 0 Å². The van der Waals surface area contributed by atoms with Crippen LogP contribution in [0.1, 0.15) is 17.1 Å². The molecule has 2 aromatic heterocycles. The van der Waals surface area contributed by atoms with Gasteiger partial charge < -0.3 is 9.47 Å². The number of methoxy groups -OCH3 is 1. The van der Waals surface area contributed by atoms with Gasteiger partial charge in [0.2, 0.25) is 0 Å². The number of thioether (sulfide) groups is 1. The summed E-state index contributed by atoms with van der Waals surface area (Å²) < 4.78 is 13.1. The number of benzene rings is 2.